The van der Waals surface area contributed by atoms with Crippen molar-refractivity contribution in [2.45, 2.75) is 13.5 Å². The molecule has 2 aromatic carbocycles. The molecule has 1 heterocycles. The average molecular weight is 415 g/mol. The highest BCUT2D eigenvalue weighted by molar-refractivity contribution is 6.31. The minimum atomic E-state index is -0.878. The Balaban J connectivity index is 2.00. The van der Waals surface area contributed by atoms with Crippen molar-refractivity contribution >= 4 is 28.9 Å². The van der Waals surface area contributed by atoms with E-state index in [0.717, 1.165) is 10.8 Å². The molecule has 9 nitrogen and oxygen atoms in total. The number of anilines is 1. The normalized spacial score (nSPS) is 10.6. The maximum absolute atomic E-state index is 12.7. The highest BCUT2D eigenvalue weighted by Crippen LogP contribution is 2.27. The zero-order chi connectivity index (χ0) is 21.1. The van der Waals surface area contributed by atoms with Crippen molar-refractivity contribution in [2.24, 2.45) is 0 Å². The lowest BCUT2D eigenvalue weighted by molar-refractivity contribution is -0.384. The maximum Gasteiger partial charge on any atom is 0.328 e. The predicted molar refractivity (Wildman–Crippen MR) is 108 cm³/mol. The molecule has 1 amide bonds. The van der Waals surface area contributed by atoms with Crippen LogP contribution in [0.3, 0.4) is 0 Å². The van der Waals surface area contributed by atoms with Gasteiger partial charge in [-0.25, -0.2) is 4.79 Å². The molecule has 0 saturated heterocycles. The van der Waals surface area contributed by atoms with Gasteiger partial charge in [-0.15, -0.1) is 0 Å². The number of aromatic nitrogens is 2. The van der Waals surface area contributed by atoms with Gasteiger partial charge in [0.05, 0.1) is 11.5 Å². The number of hydrogen-bond donors (Lipinski definition) is 2. The van der Waals surface area contributed by atoms with Crippen LogP contribution in [0.15, 0.2) is 58.3 Å². The van der Waals surface area contributed by atoms with Crippen molar-refractivity contribution in [3.63, 3.8) is 0 Å². The number of H-pyrrole nitrogens is 1. The van der Waals surface area contributed by atoms with E-state index in [1.165, 1.54) is 12.1 Å². The molecule has 0 radical (unpaired) electrons. The zero-order valence-corrected chi connectivity index (χ0v) is 15.9. The zero-order valence-electron chi connectivity index (χ0n) is 15.1. The van der Waals surface area contributed by atoms with Gasteiger partial charge in [-0.2, -0.15) is 0 Å². The summed E-state index contributed by atoms with van der Waals surface area (Å²) >= 11 is 6.08. The summed E-state index contributed by atoms with van der Waals surface area (Å²) in [5.74, 6) is -0.878. The molecule has 0 fully saturated rings. The Bertz CT molecular complexity index is 1230. The summed E-state index contributed by atoms with van der Waals surface area (Å²) in [6.07, 6.45) is 0.979. The number of amides is 1. The van der Waals surface area contributed by atoms with E-state index in [2.05, 4.69) is 10.3 Å². The Morgan fingerprint density at radius 3 is 2.62 bits per heavy atom. The number of benzene rings is 2. The number of aromatic amines is 1. The third-order valence-electron chi connectivity index (χ3n) is 4.28. The average Bonchev–Trinajstić information content (AvgIpc) is 2.67. The summed E-state index contributed by atoms with van der Waals surface area (Å²) in [6, 6.07) is 11.0. The molecule has 10 heteroatoms. The molecule has 0 aliphatic rings. The fourth-order valence-electron chi connectivity index (χ4n) is 2.76. The topological polar surface area (TPSA) is 127 Å². The van der Waals surface area contributed by atoms with Crippen molar-refractivity contribution in [1.82, 2.24) is 9.55 Å². The number of nitro benzene ring substituents is 1. The van der Waals surface area contributed by atoms with E-state index in [4.69, 9.17) is 11.6 Å². The number of nitrogens with one attached hydrogen (secondary N) is 2. The number of halogens is 1. The van der Waals surface area contributed by atoms with Crippen molar-refractivity contribution < 1.29 is 9.72 Å². The summed E-state index contributed by atoms with van der Waals surface area (Å²) in [5.41, 5.74) is -1.28. The lowest BCUT2D eigenvalue weighted by Crippen LogP contribution is -2.39. The fourth-order valence-corrected chi connectivity index (χ4v) is 2.96. The summed E-state index contributed by atoms with van der Waals surface area (Å²) < 4.78 is 0.836. The number of aryl methyl sites for hydroxylation is 1. The van der Waals surface area contributed by atoms with E-state index in [1.807, 2.05) is 0 Å². The molecule has 0 unspecified atom stereocenters. The van der Waals surface area contributed by atoms with Gasteiger partial charge in [0.25, 0.3) is 17.2 Å². The molecule has 0 bridgehead atoms. The minimum Gasteiger partial charge on any atom is -0.316 e. The van der Waals surface area contributed by atoms with Gasteiger partial charge in [0, 0.05) is 17.3 Å². The summed E-state index contributed by atoms with van der Waals surface area (Å²) in [4.78, 5) is 50.5. The fraction of sp³-hybridized carbons (Fsp3) is 0.105. The van der Waals surface area contributed by atoms with Crippen LogP contribution >= 0.6 is 11.6 Å². The molecule has 148 valence electrons. The molecule has 29 heavy (non-hydrogen) atoms. The van der Waals surface area contributed by atoms with Gasteiger partial charge >= 0.3 is 5.69 Å². The standard InChI is InChI=1S/C19H15ClN4O5/c1-11-5-4-8-15(24(28)29)16(11)22-17(25)13-9-21-19(27)23(18(13)26)10-12-6-2-3-7-14(12)20/h2-9H,10H2,1H3,(H,21,27)(H,22,25). The highest BCUT2D eigenvalue weighted by atomic mass is 35.5. The second-order valence-electron chi connectivity index (χ2n) is 6.17. The molecular formula is C19H15ClN4O5. The first kappa shape index (κ1) is 20.0. The molecule has 0 spiro atoms. The van der Waals surface area contributed by atoms with E-state index >= 15 is 0 Å². The Morgan fingerprint density at radius 2 is 1.93 bits per heavy atom. The van der Waals surface area contributed by atoms with Gasteiger partial charge in [-0.05, 0) is 24.1 Å². The van der Waals surface area contributed by atoms with Crippen molar-refractivity contribution in [3.8, 4) is 0 Å². The molecule has 3 aromatic rings. The third kappa shape index (κ3) is 4.09. The maximum atomic E-state index is 12.7. The van der Waals surface area contributed by atoms with Gasteiger partial charge in [0.1, 0.15) is 11.3 Å². The van der Waals surface area contributed by atoms with E-state index < -0.39 is 22.1 Å². The quantitative estimate of drug-likeness (QED) is 0.490. The van der Waals surface area contributed by atoms with Crippen LogP contribution < -0.4 is 16.6 Å². The molecule has 0 aliphatic carbocycles. The van der Waals surface area contributed by atoms with Crippen LogP contribution in [-0.4, -0.2) is 20.4 Å². The second-order valence-corrected chi connectivity index (χ2v) is 6.58. The number of nitrogens with zero attached hydrogens (tertiary/aromatic N) is 2. The van der Waals surface area contributed by atoms with Crippen molar-refractivity contribution in [2.75, 3.05) is 5.32 Å². The van der Waals surface area contributed by atoms with Crippen LogP contribution in [0, 0.1) is 17.0 Å². The van der Waals surface area contributed by atoms with Crippen LogP contribution in [0.4, 0.5) is 11.4 Å². The van der Waals surface area contributed by atoms with Crippen LogP contribution in [0.25, 0.3) is 0 Å². The van der Waals surface area contributed by atoms with Crippen LogP contribution in [0.1, 0.15) is 21.5 Å². The van der Waals surface area contributed by atoms with E-state index in [0.29, 0.717) is 16.1 Å². The number of hydrogen-bond acceptors (Lipinski definition) is 5. The number of carbonyl (C=O) groups is 1. The van der Waals surface area contributed by atoms with Gasteiger partial charge in [0.15, 0.2) is 0 Å². The first-order chi connectivity index (χ1) is 13.8. The monoisotopic (exact) mass is 414 g/mol. The Hall–Kier alpha value is -3.72. The lowest BCUT2D eigenvalue weighted by Gasteiger charge is -2.10. The first-order valence-corrected chi connectivity index (χ1v) is 8.78. The Labute approximate surface area is 168 Å². The van der Waals surface area contributed by atoms with Crippen LogP contribution in [-0.2, 0) is 6.54 Å². The van der Waals surface area contributed by atoms with E-state index in [-0.39, 0.29) is 23.5 Å². The SMILES string of the molecule is Cc1cccc([N+](=O)[O-])c1NC(=O)c1c[nH]c(=O)n(Cc2ccccc2Cl)c1=O. The lowest BCUT2D eigenvalue weighted by atomic mass is 10.1. The molecule has 3 rings (SSSR count). The van der Waals surface area contributed by atoms with Crippen molar-refractivity contribution in [1.29, 1.82) is 0 Å². The Kier molecular flexibility index (Phi) is 5.60. The molecule has 0 aliphatic heterocycles. The van der Waals surface area contributed by atoms with Gasteiger partial charge in [-0.3, -0.25) is 24.3 Å². The predicted octanol–water partition coefficient (Wildman–Crippen LogP) is 2.71. The molecule has 2 N–H and O–H groups in total. The smallest absolute Gasteiger partial charge is 0.316 e. The number of nitro groups is 1. The largest absolute Gasteiger partial charge is 0.328 e. The Morgan fingerprint density at radius 1 is 1.21 bits per heavy atom. The number of para-hydroxylation sites is 1. The summed E-state index contributed by atoms with van der Waals surface area (Å²) in [6.45, 7) is 1.45. The van der Waals surface area contributed by atoms with Crippen LogP contribution in [0.2, 0.25) is 5.02 Å². The van der Waals surface area contributed by atoms with Gasteiger partial charge < -0.3 is 10.3 Å². The number of rotatable bonds is 5. The summed E-state index contributed by atoms with van der Waals surface area (Å²) in [7, 11) is 0. The summed E-state index contributed by atoms with van der Waals surface area (Å²) in [5, 5.41) is 14.0. The molecule has 0 atom stereocenters. The number of carbonyl (C=O) groups excluding carboxylic acids is 1. The van der Waals surface area contributed by atoms with E-state index in [9.17, 15) is 24.5 Å². The van der Waals surface area contributed by atoms with Gasteiger partial charge in [-0.1, -0.05) is 41.9 Å². The van der Waals surface area contributed by atoms with Gasteiger partial charge in [0.2, 0.25) is 0 Å². The molecule has 1 aromatic heterocycles. The van der Waals surface area contributed by atoms with Crippen molar-refractivity contribution in [3.05, 3.63) is 101 Å². The van der Waals surface area contributed by atoms with Crippen LogP contribution in [0.5, 0.6) is 0 Å². The first-order valence-electron chi connectivity index (χ1n) is 8.41. The second kappa shape index (κ2) is 8.11. The van der Waals surface area contributed by atoms with E-state index in [1.54, 1.807) is 37.3 Å². The third-order valence-corrected chi connectivity index (χ3v) is 4.65. The molecular weight excluding hydrogens is 400 g/mol. The highest BCUT2D eigenvalue weighted by Gasteiger charge is 2.21. The minimum absolute atomic E-state index is 0.0225. The molecule has 0 saturated carbocycles.